The van der Waals surface area contributed by atoms with E-state index in [1.54, 1.807) is 0 Å². The number of nitrogens with zero attached hydrogens (tertiary/aromatic N) is 11. The lowest BCUT2D eigenvalue weighted by Crippen LogP contribution is -2.21. The minimum atomic E-state index is -3.46. The summed E-state index contributed by atoms with van der Waals surface area (Å²) in [5, 5.41) is 45.8. The van der Waals surface area contributed by atoms with Crippen LogP contribution in [0.2, 0.25) is 5.15 Å². The first-order valence-electron chi connectivity index (χ1n) is 27.6. The predicted octanol–water partition coefficient (Wildman–Crippen LogP) is 11.0. The lowest BCUT2D eigenvalue weighted by atomic mass is 9.82. The van der Waals surface area contributed by atoms with Crippen LogP contribution in [-0.4, -0.2) is 96.0 Å². The van der Waals surface area contributed by atoms with Gasteiger partial charge in [-0.25, -0.2) is 15.0 Å². The molecule has 19 nitrogen and oxygen atoms in total. The fourth-order valence-corrected chi connectivity index (χ4v) is 9.05. The molecule has 1 aliphatic rings. The van der Waals surface area contributed by atoms with E-state index in [0.717, 1.165) is 92.7 Å². The van der Waals surface area contributed by atoms with Gasteiger partial charge in [0.1, 0.15) is 10.7 Å². The summed E-state index contributed by atoms with van der Waals surface area (Å²) < 4.78 is 28.9. The van der Waals surface area contributed by atoms with Crippen molar-refractivity contribution in [2.24, 2.45) is 0 Å². The number of halogens is 1. The van der Waals surface area contributed by atoms with Crippen molar-refractivity contribution < 1.29 is 17.7 Å². The molecule has 0 aliphatic heterocycles. The summed E-state index contributed by atoms with van der Waals surface area (Å²) in [4.78, 5) is 19.2. The van der Waals surface area contributed by atoms with Crippen LogP contribution in [0.5, 0.6) is 0 Å². The summed E-state index contributed by atoms with van der Waals surface area (Å²) >= 11 is 5.80. The van der Waals surface area contributed by atoms with Gasteiger partial charge in [-0.05, 0) is 157 Å². The normalized spacial score (nSPS) is 11.9. The maximum absolute atomic E-state index is 11.0. The number of nitrogens with one attached hydrogen (secondary N) is 2. The molecule has 4 aromatic heterocycles. The molecule has 0 bridgehead atoms. The van der Waals surface area contributed by atoms with Crippen LogP contribution in [0.3, 0.4) is 0 Å². The third kappa shape index (κ3) is 19.1. The molecule has 7 aromatic rings. The number of unbranched alkanes of at least 4 members (excludes halogenated alkanes) is 2. The van der Waals surface area contributed by atoms with Crippen LogP contribution in [-0.2, 0) is 56.7 Å². The molecule has 0 radical (unpaired) electrons. The monoisotopic (exact) mass is 1160 g/mol. The number of aliphatic hydroxyl groups excluding tert-OH is 1. The number of nitrogens with two attached hydrogens (primary N) is 2. The third-order valence-electron chi connectivity index (χ3n) is 14.3. The van der Waals surface area contributed by atoms with Gasteiger partial charge >= 0.3 is 0 Å². The standard InChI is InChI=1S/C23H31N9.C13H17NO3S.C12H15NO.C7H6ClN3.C6H15N/c1-5-6-7-11-25-20-19-18(26-22(24)27-20)10-12-32(19)14-16-13-17(9-8-15(16)2)23(3,4)21-28-30-31-29-21;1-10-5-6-12(13(2,3)9-14)7-11(10)8-17-18(4,15)16;1-9-4-5-11(6-10(9)7-14)12(2,3)8-13;8-6-4-2-1-3-5(4)10-7(9)11-6;1-4-7(5-2)6-3/h8-10,12-13H,5-7,11,14H2,1-4H3,(H3,24,25,26,27)(H,28,29,30,31);5-7H,8H2,1-4H3;4-6,14H,7H2,1-3H3;1,3H,2H2,(H2,9,10,11);4-6H2,1-3H3. The van der Waals surface area contributed by atoms with Gasteiger partial charge in [0.25, 0.3) is 10.1 Å². The van der Waals surface area contributed by atoms with E-state index >= 15 is 0 Å². The number of aryl methyl sites for hydroxylation is 3. The molecule has 0 saturated carbocycles. The summed E-state index contributed by atoms with van der Waals surface area (Å²) in [7, 11) is -3.46. The predicted molar refractivity (Wildman–Crippen MR) is 329 cm³/mol. The molecule has 0 unspecified atom stereocenters. The maximum atomic E-state index is 11.0. The Morgan fingerprint density at radius 1 is 0.793 bits per heavy atom. The van der Waals surface area contributed by atoms with Crippen LogP contribution in [0.25, 0.3) is 17.1 Å². The summed E-state index contributed by atoms with van der Waals surface area (Å²) in [5.74, 6) is 1.98. The van der Waals surface area contributed by atoms with Crippen LogP contribution >= 0.6 is 11.6 Å². The number of tetrazole rings is 1. The first-order valence-corrected chi connectivity index (χ1v) is 29.8. The smallest absolute Gasteiger partial charge is 0.264 e. The van der Waals surface area contributed by atoms with E-state index in [-0.39, 0.29) is 30.5 Å². The Morgan fingerprint density at radius 2 is 1.35 bits per heavy atom. The molecule has 82 heavy (non-hydrogen) atoms. The van der Waals surface area contributed by atoms with Crippen LogP contribution in [0.1, 0.15) is 156 Å². The van der Waals surface area contributed by atoms with Crippen molar-refractivity contribution in [1.29, 1.82) is 10.5 Å². The molecule has 4 heterocycles. The van der Waals surface area contributed by atoms with Crippen molar-refractivity contribution in [1.82, 2.24) is 50.0 Å². The highest BCUT2D eigenvalue weighted by Gasteiger charge is 2.29. The number of aromatic amines is 1. The number of H-pyrrole nitrogens is 1. The van der Waals surface area contributed by atoms with Crippen molar-refractivity contribution in [3.8, 4) is 12.1 Å². The molecule has 7 N–H and O–H groups in total. The van der Waals surface area contributed by atoms with Gasteiger partial charge in [0.2, 0.25) is 11.9 Å². The van der Waals surface area contributed by atoms with Gasteiger partial charge in [-0.3, -0.25) is 4.18 Å². The highest BCUT2D eigenvalue weighted by Crippen LogP contribution is 2.32. The average Bonchev–Trinajstić information content (AvgIpc) is 4.25. The number of aliphatic hydroxyl groups is 1. The van der Waals surface area contributed by atoms with Crippen molar-refractivity contribution in [3.63, 3.8) is 0 Å². The van der Waals surface area contributed by atoms with Crippen molar-refractivity contribution in [2.45, 2.75) is 152 Å². The zero-order valence-electron chi connectivity index (χ0n) is 50.3. The zero-order chi connectivity index (χ0) is 61.0. The Kier molecular flexibility index (Phi) is 25.1. The number of nitriles is 2. The van der Waals surface area contributed by atoms with E-state index in [9.17, 15) is 8.42 Å². The fraction of sp³-hybridized carbons (Fsp3) is 0.459. The van der Waals surface area contributed by atoms with E-state index < -0.39 is 20.9 Å². The van der Waals surface area contributed by atoms with Gasteiger partial charge in [-0.1, -0.05) is 118 Å². The lowest BCUT2D eigenvalue weighted by Gasteiger charge is -2.23. The third-order valence-corrected chi connectivity index (χ3v) is 15.1. The number of fused-ring (bicyclic) bond motifs is 2. The Hall–Kier alpha value is -7.33. The number of anilines is 3. The first kappa shape index (κ1) is 67.2. The summed E-state index contributed by atoms with van der Waals surface area (Å²) in [6.45, 7) is 31.5. The Morgan fingerprint density at radius 3 is 1.89 bits per heavy atom. The van der Waals surface area contributed by atoms with E-state index in [0.29, 0.717) is 17.5 Å². The molecule has 21 heteroatoms. The summed E-state index contributed by atoms with van der Waals surface area (Å²) in [6.07, 6.45) is 11.2. The van der Waals surface area contributed by atoms with Gasteiger partial charge in [0.15, 0.2) is 11.6 Å². The lowest BCUT2D eigenvalue weighted by molar-refractivity contribution is 0.281. The van der Waals surface area contributed by atoms with Crippen LogP contribution in [0.4, 0.5) is 17.7 Å². The SMILES string of the molecule is CCCCCNc1nc(N)nc2ccn(Cc3cc(C(C)(C)c4nn[nH]n4)ccc3C)c12.CCN(CC)CC.Cc1ccc(C(C)(C)C#N)cc1CO.Cc1ccc(C(C)(C)C#N)cc1COS(C)(=O)=O.Nc1nc(Cl)c2c(n1)C=CC2. The Balaban J connectivity index is 0.000000244. The minimum absolute atomic E-state index is 0.0000151. The minimum Gasteiger partial charge on any atom is -0.392 e. The molecule has 8 rings (SSSR count). The number of hydrogen-bond acceptors (Lipinski definition) is 17. The maximum Gasteiger partial charge on any atom is 0.264 e. The summed E-state index contributed by atoms with van der Waals surface area (Å²) in [6, 6.07) is 24.3. The highest BCUT2D eigenvalue weighted by molar-refractivity contribution is 7.85. The molecule has 0 saturated heterocycles. The van der Waals surface area contributed by atoms with E-state index in [4.69, 9.17) is 42.9 Å². The summed E-state index contributed by atoms with van der Waals surface area (Å²) in [5.41, 5.74) is 22.6. The van der Waals surface area contributed by atoms with Crippen molar-refractivity contribution in [3.05, 3.63) is 145 Å². The second-order valence-corrected chi connectivity index (χ2v) is 23.6. The molecular weight excluding hydrogens is 1070 g/mol. The molecule has 0 atom stereocenters. The van der Waals surface area contributed by atoms with Crippen LogP contribution < -0.4 is 16.8 Å². The van der Waals surface area contributed by atoms with Crippen molar-refractivity contribution in [2.75, 3.05) is 49.2 Å². The molecule has 440 valence electrons. The largest absolute Gasteiger partial charge is 0.392 e. The van der Waals surface area contributed by atoms with E-state index in [1.165, 1.54) is 43.6 Å². The Labute approximate surface area is 490 Å². The molecular formula is C61H84ClN15O4S. The highest BCUT2D eigenvalue weighted by atomic mass is 35.5. The molecule has 3 aromatic carbocycles. The second kappa shape index (κ2) is 30.6. The number of hydrogen-bond donors (Lipinski definition) is 5. The van der Waals surface area contributed by atoms with Gasteiger partial charge in [0, 0.05) is 24.8 Å². The second-order valence-electron chi connectivity index (χ2n) is 21.6. The van der Waals surface area contributed by atoms with Gasteiger partial charge in [-0.2, -0.15) is 29.1 Å². The van der Waals surface area contributed by atoms with Gasteiger partial charge in [-0.15, -0.1) is 10.2 Å². The molecule has 0 fully saturated rings. The quantitative estimate of drug-likeness (QED) is 0.0303. The molecule has 1 aliphatic carbocycles. The number of rotatable bonds is 18. The number of allylic oxidation sites excluding steroid dienone is 1. The van der Waals surface area contributed by atoms with E-state index in [1.807, 2.05) is 102 Å². The number of nitrogen functional groups attached to an aromatic ring is 2. The number of benzene rings is 3. The van der Waals surface area contributed by atoms with Gasteiger partial charge < -0.3 is 31.4 Å². The molecule has 0 spiro atoms. The average molecular weight is 1160 g/mol. The topological polar surface area (TPSA) is 289 Å². The fourth-order valence-electron chi connectivity index (χ4n) is 8.45. The number of aromatic nitrogens is 9. The zero-order valence-corrected chi connectivity index (χ0v) is 51.9. The van der Waals surface area contributed by atoms with Crippen molar-refractivity contribution >= 4 is 56.5 Å². The van der Waals surface area contributed by atoms with Crippen LogP contribution in [0, 0.1) is 43.4 Å². The van der Waals surface area contributed by atoms with Crippen LogP contribution in [0.15, 0.2) is 72.9 Å². The van der Waals surface area contributed by atoms with Gasteiger partial charge in [0.05, 0.1) is 59.1 Å². The molecule has 0 amide bonds. The Bertz CT molecular complexity index is 3430. The first-order chi connectivity index (χ1) is 38.7. The van der Waals surface area contributed by atoms with E-state index in [2.05, 4.69) is 134 Å².